The van der Waals surface area contributed by atoms with Crippen LogP contribution in [0.2, 0.25) is 10.0 Å². The van der Waals surface area contributed by atoms with Crippen LogP contribution in [0.4, 0.5) is 0 Å². The molecule has 32 heavy (non-hydrogen) atoms. The highest BCUT2D eigenvalue weighted by atomic mass is 35.5. The van der Waals surface area contributed by atoms with Gasteiger partial charge in [-0.3, -0.25) is 9.59 Å². The largest absolute Gasteiger partial charge is 0.361 e. The van der Waals surface area contributed by atoms with Crippen molar-refractivity contribution in [3.8, 4) is 0 Å². The molecule has 13 heteroatoms. The molecule has 2 heterocycles. The Balaban J connectivity index is 2.06. The number of sulfonamides is 1. The van der Waals surface area contributed by atoms with Gasteiger partial charge in [0.25, 0.3) is 11.8 Å². The minimum atomic E-state index is -4.21. The summed E-state index contributed by atoms with van der Waals surface area (Å²) in [6, 6.07) is 3.87. The van der Waals surface area contributed by atoms with Gasteiger partial charge in [0, 0.05) is 26.2 Å². The number of halogens is 2. The maximum absolute atomic E-state index is 13.5. The Bertz CT molecular complexity index is 1120. The number of amides is 2. The molecule has 3 rings (SSSR count). The van der Waals surface area contributed by atoms with E-state index in [9.17, 15) is 18.0 Å². The molecule has 1 atom stereocenters. The van der Waals surface area contributed by atoms with Gasteiger partial charge in [-0.15, -0.1) is 0 Å². The third kappa shape index (κ3) is 4.62. The second kappa shape index (κ2) is 9.75. The van der Waals surface area contributed by atoms with Gasteiger partial charge in [0.05, 0.1) is 20.6 Å². The lowest BCUT2D eigenvalue weighted by Crippen LogP contribution is -2.63. The predicted octanol–water partition coefficient (Wildman–Crippen LogP) is 1.54. The lowest BCUT2D eigenvalue weighted by Gasteiger charge is -2.41. The van der Waals surface area contributed by atoms with Gasteiger partial charge in [0.1, 0.15) is 11.3 Å². The average Bonchev–Trinajstić information content (AvgIpc) is 3.10. The van der Waals surface area contributed by atoms with Crippen LogP contribution >= 0.6 is 23.2 Å². The molecule has 1 fully saturated rings. The van der Waals surface area contributed by atoms with Gasteiger partial charge in [-0.2, -0.15) is 4.31 Å². The van der Waals surface area contributed by atoms with Gasteiger partial charge in [-0.25, -0.2) is 8.42 Å². The van der Waals surface area contributed by atoms with Gasteiger partial charge >= 0.3 is 0 Å². The summed E-state index contributed by atoms with van der Waals surface area (Å²) in [7, 11) is -4.21. The summed E-state index contributed by atoms with van der Waals surface area (Å²) < 4.78 is 33.0. The number of benzene rings is 1. The number of aryl methyl sites for hydroxylation is 2. The summed E-state index contributed by atoms with van der Waals surface area (Å²) in [4.78, 5) is 27.5. The van der Waals surface area contributed by atoms with Gasteiger partial charge in [0.15, 0.2) is 6.17 Å². The van der Waals surface area contributed by atoms with Crippen molar-refractivity contribution in [2.24, 2.45) is 5.73 Å². The van der Waals surface area contributed by atoms with Crippen molar-refractivity contribution >= 4 is 45.0 Å². The summed E-state index contributed by atoms with van der Waals surface area (Å²) in [5, 5.41) is 6.62. The number of rotatable bonds is 6. The third-order valence-electron chi connectivity index (χ3n) is 5.03. The van der Waals surface area contributed by atoms with Crippen LogP contribution in [0, 0.1) is 13.8 Å². The quantitative estimate of drug-likeness (QED) is 0.609. The monoisotopic (exact) mass is 503 g/mol. The first kappa shape index (κ1) is 24.5. The van der Waals surface area contributed by atoms with Gasteiger partial charge in [-0.05, 0) is 38.5 Å². The van der Waals surface area contributed by atoms with Gasteiger partial charge < -0.3 is 20.5 Å². The second-order valence-corrected chi connectivity index (χ2v) is 9.90. The molecule has 2 aromatic rings. The number of carbonyl (C=O) groups is 2. The maximum atomic E-state index is 13.5. The summed E-state index contributed by atoms with van der Waals surface area (Å²) >= 11 is 11.9. The Labute approximate surface area is 195 Å². The Morgan fingerprint density at radius 2 is 1.97 bits per heavy atom. The minimum absolute atomic E-state index is 0.0225. The van der Waals surface area contributed by atoms with Crippen LogP contribution in [0.3, 0.4) is 0 Å². The van der Waals surface area contributed by atoms with E-state index >= 15 is 0 Å². The molecule has 0 spiro atoms. The van der Waals surface area contributed by atoms with Crippen molar-refractivity contribution < 1.29 is 22.5 Å². The minimum Gasteiger partial charge on any atom is -0.361 e. The van der Waals surface area contributed by atoms with Crippen LogP contribution in [0.25, 0.3) is 0 Å². The fourth-order valence-electron chi connectivity index (χ4n) is 3.52. The fourth-order valence-corrected chi connectivity index (χ4v) is 5.51. The molecular formula is C19H23Cl2N5O5S. The first-order valence-corrected chi connectivity index (χ1v) is 12.0. The highest BCUT2D eigenvalue weighted by Crippen LogP contribution is 2.30. The Morgan fingerprint density at radius 3 is 2.56 bits per heavy atom. The first-order valence-electron chi connectivity index (χ1n) is 9.78. The maximum Gasteiger partial charge on any atom is 0.261 e. The van der Waals surface area contributed by atoms with E-state index in [0.717, 1.165) is 4.31 Å². The van der Waals surface area contributed by atoms with Crippen LogP contribution in [0.5, 0.6) is 0 Å². The molecule has 10 nitrogen and oxygen atoms in total. The Hall–Kier alpha value is -2.18. The predicted molar refractivity (Wildman–Crippen MR) is 118 cm³/mol. The van der Waals surface area contributed by atoms with Gasteiger partial charge in [0.2, 0.25) is 10.0 Å². The molecule has 1 aliphatic rings. The molecule has 3 N–H and O–H groups in total. The molecule has 0 aliphatic carbocycles. The molecule has 0 saturated carbocycles. The Kier molecular flexibility index (Phi) is 7.46. The molecular weight excluding hydrogens is 481 g/mol. The van der Waals surface area contributed by atoms with E-state index in [2.05, 4.69) is 10.5 Å². The number of hydrogen-bond donors (Lipinski definition) is 2. The van der Waals surface area contributed by atoms with Gasteiger partial charge in [-0.1, -0.05) is 28.4 Å². The van der Waals surface area contributed by atoms with Crippen molar-refractivity contribution in [2.45, 2.75) is 31.3 Å². The zero-order valence-corrected chi connectivity index (χ0v) is 19.8. The topological polar surface area (TPSA) is 139 Å². The molecule has 1 aromatic heterocycles. The first-order chi connectivity index (χ1) is 15.1. The number of hydrogen-bond acceptors (Lipinski definition) is 7. The van der Waals surface area contributed by atoms with E-state index in [0.29, 0.717) is 12.1 Å². The van der Waals surface area contributed by atoms with E-state index in [1.165, 1.54) is 23.1 Å². The van der Waals surface area contributed by atoms with Crippen molar-refractivity contribution in [2.75, 3.05) is 26.2 Å². The number of nitrogens with two attached hydrogens (primary N) is 1. The molecule has 1 aliphatic heterocycles. The van der Waals surface area contributed by atoms with E-state index in [4.69, 9.17) is 33.5 Å². The fraction of sp³-hybridized carbons (Fsp3) is 0.421. The summed E-state index contributed by atoms with van der Waals surface area (Å²) in [5.41, 5.74) is 6.02. The van der Waals surface area contributed by atoms with Crippen LogP contribution in [0.15, 0.2) is 27.6 Å². The van der Waals surface area contributed by atoms with Crippen molar-refractivity contribution in [1.82, 2.24) is 19.7 Å². The number of nitrogens with zero attached hydrogens (tertiary/aromatic N) is 3. The highest BCUT2D eigenvalue weighted by Gasteiger charge is 2.45. The molecule has 1 unspecified atom stereocenters. The third-order valence-corrected chi connectivity index (χ3v) is 7.62. The van der Waals surface area contributed by atoms with E-state index < -0.39 is 28.0 Å². The number of aromatic nitrogens is 1. The van der Waals surface area contributed by atoms with Crippen LogP contribution in [0.1, 0.15) is 28.2 Å². The summed E-state index contributed by atoms with van der Waals surface area (Å²) in [5.74, 6) is -0.944. The highest BCUT2D eigenvalue weighted by molar-refractivity contribution is 7.89. The van der Waals surface area contributed by atoms with Crippen LogP contribution in [-0.2, 0) is 14.8 Å². The second-order valence-electron chi connectivity index (χ2n) is 7.20. The normalized spacial score (nSPS) is 17.4. The smallest absolute Gasteiger partial charge is 0.261 e. The van der Waals surface area contributed by atoms with E-state index in [1.807, 2.05) is 0 Å². The molecule has 2 amide bonds. The SMILES string of the molecule is Cc1noc(C)c1C(=O)N1CCCN(S(=O)(=O)c2ccc(Cl)c(Cl)c2)C1C(=O)NCCN. The molecule has 1 saturated heterocycles. The van der Waals surface area contributed by atoms with Crippen molar-refractivity contribution in [3.05, 3.63) is 45.3 Å². The summed E-state index contributed by atoms with van der Waals surface area (Å²) in [6.07, 6.45) is -1.12. The average molecular weight is 504 g/mol. The standard InChI is InChI=1S/C19H23Cl2N5O5S/c1-11-16(12(2)31-24-11)19(28)25-8-3-9-26(18(25)17(27)23-7-6-22)32(29,30)13-4-5-14(20)15(21)10-13/h4-5,10,18H,3,6-9,22H2,1-2H3,(H,23,27). The number of carbonyl (C=O) groups excluding carboxylic acids is 2. The Morgan fingerprint density at radius 1 is 1.25 bits per heavy atom. The van der Waals surface area contributed by atoms with E-state index in [1.54, 1.807) is 13.8 Å². The van der Waals surface area contributed by atoms with Crippen LogP contribution < -0.4 is 11.1 Å². The zero-order chi connectivity index (χ0) is 23.6. The van der Waals surface area contributed by atoms with E-state index in [-0.39, 0.29) is 52.4 Å². The lowest BCUT2D eigenvalue weighted by molar-refractivity contribution is -0.130. The molecule has 0 bridgehead atoms. The molecule has 1 aromatic carbocycles. The molecule has 174 valence electrons. The number of nitrogens with one attached hydrogen (secondary N) is 1. The summed E-state index contributed by atoms with van der Waals surface area (Å²) in [6.45, 7) is 3.62. The lowest BCUT2D eigenvalue weighted by atomic mass is 10.1. The van der Waals surface area contributed by atoms with Crippen molar-refractivity contribution in [1.29, 1.82) is 0 Å². The van der Waals surface area contributed by atoms with Crippen LogP contribution in [-0.4, -0.2) is 66.9 Å². The molecule has 0 radical (unpaired) electrons. The zero-order valence-electron chi connectivity index (χ0n) is 17.5. The van der Waals surface area contributed by atoms with Crippen molar-refractivity contribution in [3.63, 3.8) is 0 Å².